The number of ether oxygens (including phenoxy) is 2. The number of nitrogens with one attached hydrogen (secondary N) is 1. The van der Waals surface area contributed by atoms with Crippen LogP contribution in [0.5, 0.6) is 5.75 Å². The van der Waals surface area contributed by atoms with E-state index in [1.54, 1.807) is 19.5 Å². The molecule has 0 radical (unpaired) electrons. The number of nitrogens with zero attached hydrogens (tertiary/aromatic N) is 4. The minimum absolute atomic E-state index is 0.117. The van der Waals surface area contributed by atoms with Gasteiger partial charge in [0.05, 0.1) is 56.9 Å². The molecule has 0 aliphatic carbocycles. The molecular weight excluding hydrogens is 322 g/mol. The number of methoxy groups -OCH3 is 1. The van der Waals surface area contributed by atoms with E-state index in [1.807, 2.05) is 35.1 Å². The standard InChI is InChI=1S/C17H19N5O3/c1-23-15-5-3-2-4-12(15)16-8-19-17(25-16)9-18-13-10-24-11-14(13)22-7-6-20-21-22/h2-8,13-14,18H,9-11H2,1H3/t13-,14+/m1/s1. The molecule has 1 saturated heterocycles. The predicted molar refractivity (Wildman–Crippen MR) is 89.0 cm³/mol. The highest BCUT2D eigenvalue weighted by Crippen LogP contribution is 2.30. The van der Waals surface area contributed by atoms with Gasteiger partial charge in [0.15, 0.2) is 5.76 Å². The van der Waals surface area contributed by atoms with E-state index in [0.717, 1.165) is 11.3 Å². The van der Waals surface area contributed by atoms with E-state index in [1.165, 1.54) is 0 Å². The molecule has 8 nitrogen and oxygen atoms in total. The summed E-state index contributed by atoms with van der Waals surface area (Å²) in [7, 11) is 1.64. The lowest BCUT2D eigenvalue weighted by Crippen LogP contribution is -2.36. The maximum Gasteiger partial charge on any atom is 0.208 e. The molecule has 25 heavy (non-hydrogen) atoms. The summed E-state index contributed by atoms with van der Waals surface area (Å²) in [4.78, 5) is 4.36. The number of hydrogen-bond acceptors (Lipinski definition) is 7. The zero-order chi connectivity index (χ0) is 17.1. The average Bonchev–Trinajstić information content (AvgIpc) is 3.40. The highest BCUT2D eigenvalue weighted by molar-refractivity contribution is 5.64. The summed E-state index contributed by atoms with van der Waals surface area (Å²) >= 11 is 0. The van der Waals surface area contributed by atoms with Crippen LogP contribution in [-0.2, 0) is 11.3 Å². The fourth-order valence-corrected chi connectivity index (χ4v) is 2.98. The lowest BCUT2D eigenvalue weighted by molar-refractivity contribution is 0.181. The summed E-state index contributed by atoms with van der Waals surface area (Å²) in [6.45, 7) is 1.73. The number of oxazole rings is 1. The second kappa shape index (κ2) is 7.04. The van der Waals surface area contributed by atoms with Gasteiger partial charge in [-0.2, -0.15) is 0 Å². The first kappa shape index (κ1) is 15.8. The topological polar surface area (TPSA) is 87.2 Å². The smallest absolute Gasteiger partial charge is 0.208 e. The molecule has 0 unspecified atom stereocenters. The maximum atomic E-state index is 5.87. The van der Waals surface area contributed by atoms with Crippen LogP contribution in [0, 0.1) is 0 Å². The van der Waals surface area contributed by atoms with E-state index in [0.29, 0.717) is 31.4 Å². The van der Waals surface area contributed by atoms with Crippen LogP contribution in [-0.4, -0.2) is 46.3 Å². The summed E-state index contributed by atoms with van der Waals surface area (Å²) in [6, 6.07) is 7.95. The van der Waals surface area contributed by atoms with Gasteiger partial charge in [-0.05, 0) is 12.1 Å². The molecule has 8 heteroatoms. The van der Waals surface area contributed by atoms with Gasteiger partial charge in [0.1, 0.15) is 5.75 Å². The van der Waals surface area contributed by atoms with Gasteiger partial charge in [0.2, 0.25) is 5.89 Å². The monoisotopic (exact) mass is 341 g/mol. The van der Waals surface area contributed by atoms with Crippen molar-refractivity contribution in [2.45, 2.75) is 18.6 Å². The third-order valence-corrected chi connectivity index (χ3v) is 4.27. The lowest BCUT2D eigenvalue weighted by Gasteiger charge is -2.17. The van der Waals surface area contributed by atoms with E-state index < -0.39 is 0 Å². The number of rotatable bonds is 6. The van der Waals surface area contributed by atoms with Crippen LogP contribution in [0.25, 0.3) is 11.3 Å². The van der Waals surface area contributed by atoms with Crippen LogP contribution < -0.4 is 10.1 Å². The molecule has 2 atom stereocenters. The van der Waals surface area contributed by atoms with Gasteiger partial charge in [0, 0.05) is 6.20 Å². The Morgan fingerprint density at radius 3 is 3.08 bits per heavy atom. The third kappa shape index (κ3) is 3.26. The van der Waals surface area contributed by atoms with E-state index in [2.05, 4.69) is 20.6 Å². The molecule has 4 rings (SSSR count). The fourth-order valence-electron chi connectivity index (χ4n) is 2.98. The second-order valence-electron chi connectivity index (χ2n) is 5.79. The Morgan fingerprint density at radius 1 is 1.32 bits per heavy atom. The van der Waals surface area contributed by atoms with E-state index in [-0.39, 0.29) is 12.1 Å². The first-order valence-corrected chi connectivity index (χ1v) is 8.10. The molecular formula is C17H19N5O3. The Kier molecular flexibility index (Phi) is 4.45. The van der Waals surface area contributed by atoms with Gasteiger partial charge >= 0.3 is 0 Å². The van der Waals surface area contributed by atoms with Gasteiger partial charge in [-0.3, -0.25) is 0 Å². The summed E-state index contributed by atoms with van der Waals surface area (Å²) in [5.41, 5.74) is 0.883. The molecule has 1 aliphatic rings. The molecule has 1 fully saturated rings. The van der Waals surface area contributed by atoms with Crippen molar-refractivity contribution >= 4 is 0 Å². The highest BCUT2D eigenvalue weighted by Gasteiger charge is 2.30. The first-order chi connectivity index (χ1) is 12.3. The van der Waals surface area contributed by atoms with Crippen LogP contribution in [0.1, 0.15) is 11.9 Å². The van der Waals surface area contributed by atoms with Gasteiger partial charge < -0.3 is 19.2 Å². The number of hydrogen-bond donors (Lipinski definition) is 1. The zero-order valence-electron chi connectivity index (χ0n) is 13.8. The van der Waals surface area contributed by atoms with Crippen molar-refractivity contribution in [1.82, 2.24) is 25.3 Å². The molecule has 1 aliphatic heterocycles. The van der Waals surface area contributed by atoms with Crippen LogP contribution in [0.2, 0.25) is 0 Å². The SMILES string of the molecule is COc1ccccc1-c1cnc(CN[C@@H]2COC[C@@H]2n2ccnn2)o1. The molecule has 3 aromatic rings. The number of para-hydroxylation sites is 1. The van der Waals surface area contributed by atoms with Crippen molar-refractivity contribution < 1.29 is 13.9 Å². The summed E-state index contributed by atoms with van der Waals surface area (Å²) < 4.78 is 18.6. The third-order valence-electron chi connectivity index (χ3n) is 4.27. The van der Waals surface area contributed by atoms with Crippen molar-refractivity contribution in [3.8, 4) is 17.1 Å². The molecule has 3 heterocycles. The van der Waals surface area contributed by atoms with Crippen molar-refractivity contribution in [2.75, 3.05) is 20.3 Å². The minimum Gasteiger partial charge on any atom is -0.496 e. The lowest BCUT2D eigenvalue weighted by atomic mass is 10.1. The first-order valence-electron chi connectivity index (χ1n) is 8.10. The van der Waals surface area contributed by atoms with Crippen LogP contribution in [0.15, 0.2) is 47.3 Å². The van der Waals surface area contributed by atoms with Crippen LogP contribution in [0.3, 0.4) is 0 Å². The average molecular weight is 341 g/mol. The van der Waals surface area contributed by atoms with Crippen molar-refractivity contribution in [3.63, 3.8) is 0 Å². The summed E-state index contributed by atoms with van der Waals surface area (Å²) in [5.74, 6) is 2.06. The van der Waals surface area contributed by atoms with E-state index >= 15 is 0 Å². The van der Waals surface area contributed by atoms with E-state index in [4.69, 9.17) is 13.9 Å². The molecule has 0 bridgehead atoms. The Labute approximate surface area is 144 Å². The normalized spacial score (nSPS) is 20.0. The van der Waals surface area contributed by atoms with Gasteiger partial charge in [-0.25, -0.2) is 9.67 Å². The highest BCUT2D eigenvalue weighted by atomic mass is 16.5. The fraction of sp³-hybridized carbons (Fsp3) is 0.353. The Morgan fingerprint density at radius 2 is 2.24 bits per heavy atom. The van der Waals surface area contributed by atoms with Crippen molar-refractivity contribution in [3.05, 3.63) is 48.7 Å². The number of aromatic nitrogens is 4. The van der Waals surface area contributed by atoms with E-state index in [9.17, 15) is 0 Å². The molecule has 2 aromatic heterocycles. The van der Waals surface area contributed by atoms with Gasteiger partial charge in [-0.15, -0.1) is 5.10 Å². The minimum atomic E-state index is 0.117. The quantitative estimate of drug-likeness (QED) is 0.730. The van der Waals surface area contributed by atoms with Gasteiger partial charge in [-0.1, -0.05) is 17.3 Å². The van der Waals surface area contributed by atoms with Crippen LogP contribution in [0.4, 0.5) is 0 Å². The zero-order valence-corrected chi connectivity index (χ0v) is 13.8. The summed E-state index contributed by atoms with van der Waals surface area (Å²) in [5, 5.41) is 11.3. The molecule has 130 valence electrons. The molecule has 0 amide bonds. The molecule has 1 N–H and O–H groups in total. The summed E-state index contributed by atoms with van der Waals surface area (Å²) in [6.07, 6.45) is 5.23. The second-order valence-corrected chi connectivity index (χ2v) is 5.79. The number of benzene rings is 1. The Bertz CT molecular complexity index is 817. The molecule has 0 saturated carbocycles. The van der Waals surface area contributed by atoms with Crippen molar-refractivity contribution in [2.24, 2.45) is 0 Å². The maximum absolute atomic E-state index is 5.87. The predicted octanol–water partition coefficient (Wildman–Crippen LogP) is 1.67. The Hall–Kier alpha value is -2.71. The van der Waals surface area contributed by atoms with Gasteiger partial charge in [0.25, 0.3) is 0 Å². The molecule has 1 aromatic carbocycles. The van der Waals surface area contributed by atoms with Crippen molar-refractivity contribution in [1.29, 1.82) is 0 Å². The largest absolute Gasteiger partial charge is 0.496 e. The molecule has 0 spiro atoms. The Balaban J connectivity index is 1.43. The van der Waals surface area contributed by atoms with Crippen LogP contribution >= 0.6 is 0 Å².